The first-order valence-corrected chi connectivity index (χ1v) is 17.8. The number of hydrogen-bond acceptors (Lipinski definition) is 4. The number of ether oxygens (including phenoxy) is 2. The standard InChI is InChI=1S/C39H54O4Si/c1-10-29(2)38(43-44(39(6,7)8,35-17-13-11-14-18-35)36-19-15-12-16-20-36)32(5)27-31(4)37(30(3)25-26-40)42-28-33-21-23-34(41-9)24-22-33/h10-24,27,30,32,37-38,40H,25-26,28H2,1-9H3/b29-10+,31-27+/t30-,32-,37-,38-/m0/s1. The molecular formula is C39H54O4Si. The number of rotatable bonds is 15. The van der Waals surface area contributed by atoms with Crippen LogP contribution in [0.1, 0.15) is 67.4 Å². The summed E-state index contributed by atoms with van der Waals surface area (Å²) in [5.74, 6) is 1.07. The molecule has 0 aliphatic rings. The first-order chi connectivity index (χ1) is 21.0. The number of allylic oxidation sites excluding steroid dienone is 1. The van der Waals surface area contributed by atoms with Crippen LogP contribution < -0.4 is 15.1 Å². The molecule has 5 heteroatoms. The maximum Gasteiger partial charge on any atom is 0.261 e. The minimum Gasteiger partial charge on any atom is -0.497 e. The third kappa shape index (κ3) is 8.60. The molecule has 3 aromatic carbocycles. The van der Waals surface area contributed by atoms with Crippen molar-refractivity contribution in [3.63, 3.8) is 0 Å². The summed E-state index contributed by atoms with van der Waals surface area (Å²) in [7, 11) is -1.10. The Kier molecular flexibility index (Phi) is 13.2. The second-order valence-electron chi connectivity index (χ2n) is 13.1. The van der Waals surface area contributed by atoms with E-state index in [2.05, 4.69) is 128 Å². The summed E-state index contributed by atoms with van der Waals surface area (Å²) in [5, 5.41) is 12.2. The molecule has 0 amide bonds. The summed E-state index contributed by atoms with van der Waals surface area (Å²) >= 11 is 0. The first-order valence-electron chi connectivity index (χ1n) is 15.9. The minimum absolute atomic E-state index is 0.0845. The molecule has 0 radical (unpaired) electrons. The zero-order chi connectivity index (χ0) is 32.3. The van der Waals surface area contributed by atoms with Crippen LogP contribution in [-0.2, 0) is 15.8 Å². The predicted octanol–water partition coefficient (Wildman–Crippen LogP) is 8.09. The van der Waals surface area contributed by atoms with Gasteiger partial charge in [-0.3, -0.25) is 0 Å². The van der Waals surface area contributed by atoms with Crippen molar-refractivity contribution in [2.75, 3.05) is 13.7 Å². The molecule has 0 aromatic heterocycles. The lowest BCUT2D eigenvalue weighted by atomic mass is 9.90. The smallest absolute Gasteiger partial charge is 0.261 e. The monoisotopic (exact) mass is 614 g/mol. The molecule has 3 aromatic rings. The van der Waals surface area contributed by atoms with Gasteiger partial charge in [-0.1, -0.05) is 120 Å². The largest absolute Gasteiger partial charge is 0.497 e. The van der Waals surface area contributed by atoms with Gasteiger partial charge in [0.2, 0.25) is 0 Å². The van der Waals surface area contributed by atoms with Gasteiger partial charge >= 0.3 is 0 Å². The summed E-state index contributed by atoms with van der Waals surface area (Å²) < 4.78 is 19.6. The van der Waals surface area contributed by atoms with Crippen molar-refractivity contribution < 1.29 is 19.0 Å². The van der Waals surface area contributed by atoms with Gasteiger partial charge in [0.1, 0.15) is 5.75 Å². The van der Waals surface area contributed by atoms with Crippen LogP contribution in [0.5, 0.6) is 5.75 Å². The van der Waals surface area contributed by atoms with E-state index in [0.717, 1.165) is 16.9 Å². The Morgan fingerprint density at radius 2 is 1.36 bits per heavy atom. The summed E-state index contributed by atoms with van der Waals surface area (Å²) in [4.78, 5) is 0. The molecular weight excluding hydrogens is 561 g/mol. The molecule has 0 aliphatic heterocycles. The zero-order valence-corrected chi connectivity index (χ0v) is 29.3. The maximum absolute atomic E-state index is 9.79. The Labute approximate surface area is 267 Å². The van der Waals surface area contributed by atoms with Crippen LogP contribution in [0.2, 0.25) is 5.04 Å². The van der Waals surface area contributed by atoms with E-state index in [-0.39, 0.29) is 35.7 Å². The normalized spacial score (nSPS) is 15.9. The molecule has 4 atom stereocenters. The van der Waals surface area contributed by atoms with E-state index in [9.17, 15) is 5.11 Å². The van der Waals surface area contributed by atoms with Crippen LogP contribution in [0.4, 0.5) is 0 Å². The summed E-state index contributed by atoms with van der Waals surface area (Å²) in [6, 6.07) is 29.7. The van der Waals surface area contributed by atoms with Crippen molar-refractivity contribution in [1.82, 2.24) is 0 Å². The van der Waals surface area contributed by atoms with Crippen molar-refractivity contribution in [3.8, 4) is 5.75 Å². The van der Waals surface area contributed by atoms with Gasteiger partial charge in [0.25, 0.3) is 8.32 Å². The molecule has 0 spiro atoms. The summed E-state index contributed by atoms with van der Waals surface area (Å²) in [6.45, 7) is 18.5. The van der Waals surface area contributed by atoms with E-state index in [4.69, 9.17) is 13.9 Å². The molecule has 3 rings (SSSR count). The molecule has 238 valence electrons. The Morgan fingerprint density at radius 1 is 0.818 bits per heavy atom. The highest BCUT2D eigenvalue weighted by atomic mass is 28.4. The van der Waals surface area contributed by atoms with Crippen LogP contribution in [0.3, 0.4) is 0 Å². The SMILES string of the molecule is C/C=C(\C)[C@H](O[Si](c1ccccc1)(c1ccccc1)C(C)(C)C)[C@@H](C)/C=C(\C)[C@@H](OCc1ccc(OC)cc1)[C@@H](C)CCO. The molecule has 0 fully saturated rings. The van der Waals surface area contributed by atoms with Crippen LogP contribution in [-0.4, -0.2) is 39.3 Å². The Bertz CT molecular complexity index is 1290. The predicted molar refractivity (Wildman–Crippen MR) is 187 cm³/mol. The highest BCUT2D eigenvalue weighted by molar-refractivity contribution is 6.99. The van der Waals surface area contributed by atoms with Gasteiger partial charge in [-0.05, 0) is 77.4 Å². The number of hydrogen-bond donors (Lipinski definition) is 1. The Morgan fingerprint density at radius 3 is 1.82 bits per heavy atom. The van der Waals surface area contributed by atoms with E-state index < -0.39 is 8.32 Å². The van der Waals surface area contributed by atoms with Crippen LogP contribution >= 0.6 is 0 Å². The number of aliphatic hydroxyl groups is 1. The van der Waals surface area contributed by atoms with E-state index in [1.807, 2.05) is 24.3 Å². The third-order valence-electron chi connectivity index (χ3n) is 8.77. The highest BCUT2D eigenvalue weighted by Gasteiger charge is 2.52. The summed E-state index contributed by atoms with van der Waals surface area (Å²) in [6.07, 6.45) is 4.93. The zero-order valence-electron chi connectivity index (χ0n) is 28.3. The Hall–Kier alpha value is -2.96. The maximum atomic E-state index is 9.79. The quantitative estimate of drug-likeness (QED) is 0.139. The number of aliphatic hydroxyl groups excluding tert-OH is 1. The fourth-order valence-electron chi connectivity index (χ4n) is 6.27. The van der Waals surface area contributed by atoms with Crippen molar-refractivity contribution in [2.24, 2.45) is 11.8 Å². The molecule has 0 unspecified atom stereocenters. The van der Waals surface area contributed by atoms with Crippen molar-refractivity contribution >= 4 is 18.7 Å². The van der Waals surface area contributed by atoms with Crippen LogP contribution in [0, 0.1) is 11.8 Å². The van der Waals surface area contributed by atoms with E-state index in [0.29, 0.717) is 13.0 Å². The second kappa shape index (κ2) is 16.4. The van der Waals surface area contributed by atoms with E-state index >= 15 is 0 Å². The lowest BCUT2D eigenvalue weighted by molar-refractivity contribution is 0.0223. The van der Waals surface area contributed by atoms with E-state index in [1.165, 1.54) is 15.9 Å². The summed E-state index contributed by atoms with van der Waals surface area (Å²) in [5.41, 5.74) is 3.46. The van der Waals surface area contributed by atoms with Gasteiger partial charge in [0.05, 0.1) is 25.9 Å². The third-order valence-corrected chi connectivity index (χ3v) is 13.8. The fraction of sp³-hybridized carbons (Fsp3) is 0.436. The van der Waals surface area contributed by atoms with Crippen LogP contribution in [0.25, 0.3) is 0 Å². The fourth-order valence-corrected chi connectivity index (χ4v) is 11.1. The van der Waals surface area contributed by atoms with Crippen LogP contribution in [0.15, 0.2) is 108 Å². The lowest BCUT2D eigenvalue weighted by Gasteiger charge is -2.46. The highest BCUT2D eigenvalue weighted by Crippen LogP contribution is 2.39. The topological polar surface area (TPSA) is 47.9 Å². The van der Waals surface area contributed by atoms with Crippen molar-refractivity contribution in [2.45, 2.75) is 85.7 Å². The molecule has 0 saturated heterocycles. The van der Waals surface area contributed by atoms with Gasteiger partial charge in [-0.25, -0.2) is 0 Å². The molecule has 1 N–H and O–H groups in total. The molecule has 44 heavy (non-hydrogen) atoms. The average Bonchev–Trinajstić information content (AvgIpc) is 3.02. The minimum atomic E-state index is -2.78. The van der Waals surface area contributed by atoms with Gasteiger partial charge < -0.3 is 19.0 Å². The molecule has 4 nitrogen and oxygen atoms in total. The lowest BCUT2D eigenvalue weighted by Crippen LogP contribution is -2.68. The van der Waals surface area contributed by atoms with Gasteiger partial charge in [-0.15, -0.1) is 0 Å². The first kappa shape index (κ1) is 35.5. The number of methoxy groups -OCH3 is 1. The molecule has 0 heterocycles. The average molecular weight is 615 g/mol. The number of benzene rings is 3. The van der Waals surface area contributed by atoms with Gasteiger partial charge in [0.15, 0.2) is 0 Å². The molecule has 0 bridgehead atoms. The Balaban J connectivity index is 2.03. The second-order valence-corrected chi connectivity index (χ2v) is 17.3. The van der Waals surface area contributed by atoms with Gasteiger partial charge in [0, 0.05) is 12.5 Å². The van der Waals surface area contributed by atoms with Crippen molar-refractivity contribution in [1.29, 1.82) is 0 Å². The van der Waals surface area contributed by atoms with E-state index in [1.54, 1.807) is 7.11 Å². The molecule has 0 saturated carbocycles. The molecule has 0 aliphatic carbocycles. The van der Waals surface area contributed by atoms with Crippen molar-refractivity contribution in [3.05, 3.63) is 114 Å². The van der Waals surface area contributed by atoms with Gasteiger partial charge in [-0.2, -0.15) is 0 Å².